The van der Waals surface area contributed by atoms with Crippen LogP contribution in [-0.4, -0.2) is 74.4 Å². The first-order chi connectivity index (χ1) is 19.3. The summed E-state index contributed by atoms with van der Waals surface area (Å²) in [4.78, 5) is 39.0. The van der Waals surface area contributed by atoms with Crippen molar-refractivity contribution in [1.82, 2.24) is 15.1 Å². The second kappa shape index (κ2) is 12.2. The summed E-state index contributed by atoms with van der Waals surface area (Å²) in [5, 5.41) is 35.0. The fraction of sp³-hybridized carbons (Fsp3) is 0.483. The first-order valence-corrected chi connectivity index (χ1v) is 13.5. The first-order valence-electron chi connectivity index (χ1n) is 13.5. The van der Waals surface area contributed by atoms with Crippen LogP contribution in [0.4, 0.5) is 4.39 Å². The van der Waals surface area contributed by atoms with E-state index >= 15 is 4.39 Å². The summed E-state index contributed by atoms with van der Waals surface area (Å²) in [6.45, 7) is 7.15. The molecule has 12 heteroatoms. The highest BCUT2D eigenvalue weighted by Gasteiger charge is 2.40. The van der Waals surface area contributed by atoms with Crippen LogP contribution < -0.4 is 10.1 Å². The Morgan fingerprint density at radius 2 is 1.90 bits per heavy atom. The number of aliphatic hydroxyl groups is 3. The quantitative estimate of drug-likeness (QED) is 0.198. The molecule has 2 heterocycles. The van der Waals surface area contributed by atoms with E-state index in [2.05, 4.69) is 10.2 Å². The molecule has 41 heavy (non-hydrogen) atoms. The number of carbonyl (C=O) groups is 3. The minimum absolute atomic E-state index is 0.0420. The summed E-state index contributed by atoms with van der Waals surface area (Å²) >= 11 is 0. The van der Waals surface area contributed by atoms with Crippen molar-refractivity contribution >= 4 is 18.2 Å². The molecule has 0 radical (unpaired) electrons. The van der Waals surface area contributed by atoms with E-state index < -0.39 is 41.3 Å². The topological polar surface area (TPSA) is 149 Å². The SMILES string of the molecule is Cc1cccc(OC(O)(O)c2ccc(CN3CC(C)OC(C)C3)cc2F)c1CN(C=O)C1(O)CCC(=O)NC(=O)C1. The molecule has 2 saturated heterocycles. The number of hydrogen-bond acceptors (Lipinski definition) is 9. The van der Waals surface area contributed by atoms with Gasteiger partial charge in [0.1, 0.15) is 17.3 Å². The van der Waals surface area contributed by atoms with E-state index in [9.17, 15) is 29.7 Å². The molecular formula is C29H36FN3O8. The lowest BCUT2D eigenvalue weighted by Crippen LogP contribution is -2.49. The van der Waals surface area contributed by atoms with Gasteiger partial charge in [0.25, 0.3) is 0 Å². The Kier molecular flexibility index (Phi) is 9.10. The number of amides is 3. The van der Waals surface area contributed by atoms with Crippen LogP contribution in [0.15, 0.2) is 36.4 Å². The largest absolute Gasteiger partial charge is 0.435 e. The van der Waals surface area contributed by atoms with Gasteiger partial charge in [0, 0.05) is 38.0 Å². The van der Waals surface area contributed by atoms with Crippen molar-refractivity contribution in [3.63, 3.8) is 0 Å². The van der Waals surface area contributed by atoms with Gasteiger partial charge in [-0.1, -0.05) is 18.2 Å². The van der Waals surface area contributed by atoms with E-state index in [-0.39, 0.29) is 42.9 Å². The third kappa shape index (κ3) is 7.27. The van der Waals surface area contributed by atoms with Gasteiger partial charge in [-0.05, 0) is 50.1 Å². The molecule has 11 nitrogen and oxygen atoms in total. The third-order valence-electron chi connectivity index (χ3n) is 7.37. The number of carbonyl (C=O) groups excluding carboxylic acids is 3. The Hall–Kier alpha value is -3.42. The molecule has 2 aromatic carbocycles. The molecule has 0 saturated carbocycles. The molecule has 2 aliphatic rings. The van der Waals surface area contributed by atoms with Crippen molar-refractivity contribution in [1.29, 1.82) is 0 Å². The smallest absolute Gasteiger partial charge is 0.354 e. The average molecular weight is 574 g/mol. The monoisotopic (exact) mass is 573 g/mol. The number of benzene rings is 2. The number of halogens is 1. The number of ether oxygens (including phenoxy) is 2. The van der Waals surface area contributed by atoms with Crippen LogP contribution in [-0.2, 0) is 38.2 Å². The van der Waals surface area contributed by atoms with Gasteiger partial charge in [-0.2, -0.15) is 0 Å². The van der Waals surface area contributed by atoms with Crippen molar-refractivity contribution in [2.45, 2.75) is 77.0 Å². The standard InChI is InChI=1S/C29H36FN3O8/c1-18-5-4-6-25(22(18)16-33(17-34)28(37)10-9-26(35)31-27(36)12-28)41-29(38,39)23-8-7-21(11-24(23)30)15-32-13-19(2)40-20(3)14-32/h4-8,11,17,19-20,37-39H,9-10,12-16H2,1-3H3,(H,31,35,36). The van der Waals surface area contributed by atoms with Gasteiger partial charge in [-0.15, -0.1) is 0 Å². The average Bonchev–Trinajstić information content (AvgIpc) is 2.99. The highest BCUT2D eigenvalue weighted by Crippen LogP contribution is 2.34. The van der Waals surface area contributed by atoms with Gasteiger partial charge in [0.2, 0.25) is 18.2 Å². The van der Waals surface area contributed by atoms with Crippen LogP contribution in [0.2, 0.25) is 0 Å². The molecule has 0 spiro atoms. The Bertz CT molecular complexity index is 1290. The van der Waals surface area contributed by atoms with Gasteiger partial charge in [-0.3, -0.25) is 24.6 Å². The van der Waals surface area contributed by atoms with E-state index in [1.54, 1.807) is 25.1 Å². The summed E-state index contributed by atoms with van der Waals surface area (Å²) in [6.07, 6.45) is -0.461. The fourth-order valence-corrected chi connectivity index (χ4v) is 5.39. The number of hydrogen-bond donors (Lipinski definition) is 4. The van der Waals surface area contributed by atoms with Gasteiger partial charge in [0.15, 0.2) is 0 Å². The van der Waals surface area contributed by atoms with Crippen molar-refractivity contribution in [3.05, 3.63) is 64.5 Å². The lowest BCUT2D eigenvalue weighted by molar-refractivity contribution is -0.305. The van der Waals surface area contributed by atoms with Crippen molar-refractivity contribution < 1.29 is 43.6 Å². The van der Waals surface area contributed by atoms with Crippen LogP contribution in [0.3, 0.4) is 0 Å². The second-order valence-corrected chi connectivity index (χ2v) is 10.9. The van der Waals surface area contributed by atoms with Gasteiger partial charge in [-0.25, -0.2) is 4.39 Å². The first kappa shape index (κ1) is 30.5. The zero-order valence-electron chi connectivity index (χ0n) is 23.3. The van der Waals surface area contributed by atoms with Crippen LogP contribution >= 0.6 is 0 Å². The second-order valence-electron chi connectivity index (χ2n) is 10.9. The number of rotatable bonds is 9. The van der Waals surface area contributed by atoms with Crippen LogP contribution in [0.1, 0.15) is 55.4 Å². The number of morpholine rings is 1. The lowest BCUT2D eigenvalue weighted by atomic mass is 10.00. The Morgan fingerprint density at radius 1 is 1.20 bits per heavy atom. The minimum Gasteiger partial charge on any atom is -0.435 e. The normalized spacial score (nSPS) is 24.0. The molecule has 0 bridgehead atoms. The van der Waals surface area contributed by atoms with Crippen LogP contribution in [0.5, 0.6) is 5.75 Å². The van der Waals surface area contributed by atoms with E-state index in [1.807, 2.05) is 13.8 Å². The zero-order chi connectivity index (χ0) is 29.9. The van der Waals surface area contributed by atoms with Crippen molar-refractivity contribution in [2.75, 3.05) is 13.1 Å². The van der Waals surface area contributed by atoms with Gasteiger partial charge in [0.05, 0.1) is 30.7 Å². The summed E-state index contributed by atoms with van der Waals surface area (Å²) in [6, 6.07) is 8.72. The Labute approximate surface area is 237 Å². The third-order valence-corrected chi connectivity index (χ3v) is 7.37. The number of aryl methyl sites for hydroxylation is 1. The molecular weight excluding hydrogens is 537 g/mol. The fourth-order valence-electron chi connectivity index (χ4n) is 5.39. The van der Waals surface area contributed by atoms with Crippen LogP contribution in [0.25, 0.3) is 0 Å². The summed E-state index contributed by atoms with van der Waals surface area (Å²) in [7, 11) is 0. The summed E-state index contributed by atoms with van der Waals surface area (Å²) < 4.78 is 26.5. The summed E-state index contributed by atoms with van der Waals surface area (Å²) in [5.41, 5.74) is -0.996. The number of imide groups is 1. The predicted octanol–water partition coefficient (Wildman–Crippen LogP) is 1.39. The molecule has 2 aromatic rings. The van der Waals surface area contributed by atoms with E-state index in [4.69, 9.17) is 9.47 Å². The Morgan fingerprint density at radius 3 is 2.56 bits per heavy atom. The molecule has 222 valence electrons. The molecule has 4 N–H and O–H groups in total. The molecule has 3 amide bonds. The molecule has 2 aliphatic heterocycles. The van der Waals surface area contributed by atoms with Gasteiger partial charge >= 0.3 is 5.97 Å². The summed E-state index contributed by atoms with van der Waals surface area (Å²) in [5.74, 6) is -5.34. The molecule has 0 aromatic heterocycles. The van der Waals surface area contributed by atoms with Crippen LogP contribution in [0, 0.1) is 12.7 Å². The molecule has 0 aliphatic carbocycles. The number of nitrogens with zero attached hydrogens (tertiary/aromatic N) is 2. The molecule has 3 unspecified atom stereocenters. The minimum atomic E-state index is -3.08. The zero-order valence-corrected chi connectivity index (χ0v) is 23.3. The Balaban J connectivity index is 1.55. The maximum Gasteiger partial charge on any atom is 0.354 e. The molecule has 4 rings (SSSR count). The number of nitrogens with one attached hydrogen (secondary N) is 1. The lowest BCUT2D eigenvalue weighted by Gasteiger charge is -2.36. The maximum absolute atomic E-state index is 15.2. The highest BCUT2D eigenvalue weighted by molar-refractivity contribution is 5.96. The van der Waals surface area contributed by atoms with E-state index in [1.165, 1.54) is 18.2 Å². The van der Waals surface area contributed by atoms with Crippen molar-refractivity contribution in [2.24, 2.45) is 0 Å². The van der Waals surface area contributed by atoms with E-state index in [0.717, 1.165) is 4.90 Å². The maximum atomic E-state index is 15.2. The van der Waals surface area contributed by atoms with E-state index in [0.29, 0.717) is 37.2 Å². The predicted molar refractivity (Wildman–Crippen MR) is 143 cm³/mol. The van der Waals surface area contributed by atoms with Gasteiger partial charge < -0.3 is 29.7 Å². The molecule has 2 fully saturated rings. The van der Waals surface area contributed by atoms with Crippen molar-refractivity contribution in [3.8, 4) is 5.75 Å². The highest BCUT2D eigenvalue weighted by atomic mass is 19.1. The molecule has 3 atom stereocenters.